The molecule has 1 aliphatic rings. The first kappa shape index (κ1) is 17.9. The van der Waals surface area contributed by atoms with Crippen molar-refractivity contribution in [3.8, 4) is 0 Å². The third kappa shape index (κ3) is 4.51. The van der Waals surface area contributed by atoms with Crippen LogP contribution in [0.2, 0.25) is 0 Å². The molecule has 1 heterocycles. The number of hydrogen-bond donors (Lipinski definition) is 2. The number of nitrogens with one attached hydrogen (secondary N) is 1. The summed E-state index contributed by atoms with van der Waals surface area (Å²) in [7, 11) is -3.67. The van der Waals surface area contributed by atoms with Gasteiger partial charge in [0.2, 0.25) is 10.0 Å². The minimum atomic E-state index is -3.67. The SMILES string of the molecule is CCON1CCC(NS(=O)(=O)c2ccc(C(=O)O)cc2C)CC1. The topological polar surface area (TPSA) is 95.9 Å². The van der Waals surface area contributed by atoms with E-state index in [1.165, 1.54) is 18.2 Å². The van der Waals surface area contributed by atoms with E-state index in [1.54, 1.807) is 6.92 Å². The lowest BCUT2D eigenvalue weighted by atomic mass is 10.1. The van der Waals surface area contributed by atoms with Crippen molar-refractivity contribution in [3.63, 3.8) is 0 Å². The van der Waals surface area contributed by atoms with E-state index in [0.29, 0.717) is 38.1 Å². The predicted octanol–water partition coefficient (Wildman–Crippen LogP) is 1.39. The van der Waals surface area contributed by atoms with Crippen molar-refractivity contribution in [2.75, 3.05) is 19.7 Å². The molecule has 1 aromatic carbocycles. The van der Waals surface area contributed by atoms with Gasteiger partial charge in [-0.05, 0) is 50.5 Å². The minimum absolute atomic E-state index is 0.0754. The molecule has 0 atom stereocenters. The molecule has 1 fully saturated rings. The average molecular weight is 342 g/mol. The molecule has 1 saturated heterocycles. The molecule has 0 aliphatic carbocycles. The molecule has 2 N–H and O–H groups in total. The van der Waals surface area contributed by atoms with Gasteiger partial charge in [0.1, 0.15) is 0 Å². The van der Waals surface area contributed by atoms with Crippen LogP contribution in [0.25, 0.3) is 0 Å². The molecule has 23 heavy (non-hydrogen) atoms. The van der Waals surface area contributed by atoms with Crippen molar-refractivity contribution in [2.24, 2.45) is 0 Å². The number of carboxylic acid groups (broad SMARTS) is 1. The highest BCUT2D eigenvalue weighted by Gasteiger charge is 2.26. The summed E-state index contributed by atoms with van der Waals surface area (Å²) in [6.45, 7) is 5.47. The second kappa shape index (κ2) is 7.39. The molecule has 0 radical (unpaired) electrons. The molecule has 8 heteroatoms. The van der Waals surface area contributed by atoms with Crippen LogP contribution in [-0.4, -0.2) is 50.3 Å². The van der Waals surface area contributed by atoms with Gasteiger partial charge in [0.25, 0.3) is 0 Å². The van der Waals surface area contributed by atoms with Crippen molar-refractivity contribution in [1.82, 2.24) is 9.79 Å². The molecule has 2 rings (SSSR count). The van der Waals surface area contributed by atoms with Gasteiger partial charge in [-0.3, -0.25) is 4.84 Å². The summed E-state index contributed by atoms with van der Waals surface area (Å²) in [4.78, 5) is 16.5. The number of piperidine rings is 1. The Balaban J connectivity index is 2.06. The molecule has 128 valence electrons. The highest BCUT2D eigenvalue weighted by atomic mass is 32.2. The van der Waals surface area contributed by atoms with E-state index in [9.17, 15) is 13.2 Å². The van der Waals surface area contributed by atoms with E-state index in [4.69, 9.17) is 9.94 Å². The summed E-state index contributed by atoms with van der Waals surface area (Å²) in [5, 5.41) is 10.8. The number of nitrogens with zero attached hydrogens (tertiary/aromatic N) is 1. The second-order valence-corrected chi connectivity index (χ2v) is 7.21. The zero-order chi connectivity index (χ0) is 17.0. The number of hydroxylamine groups is 2. The van der Waals surface area contributed by atoms with Gasteiger partial charge >= 0.3 is 5.97 Å². The first-order valence-electron chi connectivity index (χ1n) is 7.57. The van der Waals surface area contributed by atoms with E-state index < -0.39 is 16.0 Å². The van der Waals surface area contributed by atoms with Crippen molar-refractivity contribution >= 4 is 16.0 Å². The standard InChI is InChI=1S/C15H22N2O5S/c1-3-22-17-8-6-13(7-9-17)16-23(20,21)14-5-4-12(15(18)19)10-11(14)2/h4-5,10,13,16H,3,6-9H2,1-2H3,(H,18,19). The largest absolute Gasteiger partial charge is 0.478 e. The molecule has 1 aliphatic heterocycles. The molecule has 0 amide bonds. The van der Waals surface area contributed by atoms with Gasteiger partial charge in [-0.2, -0.15) is 5.06 Å². The Kier molecular flexibility index (Phi) is 5.74. The van der Waals surface area contributed by atoms with Crippen LogP contribution in [0.4, 0.5) is 0 Å². The number of benzene rings is 1. The number of sulfonamides is 1. The van der Waals surface area contributed by atoms with Gasteiger partial charge in [0.15, 0.2) is 0 Å². The Bertz CT molecular complexity index is 666. The summed E-state index contributed by atoms with van der Waals surface area (Å²) in [5.41, 5.74) is 0.496. The number of carbonyl (C=O) groups is 1. The molecule has 0 unspecified atom stereocenters. The maximum Gasteiger partial charge on any atom is 0.335 e. The number of hydrogen-bond acceptors (Lipinski definition) is 5. The Labute approximate surface area is 136 Å². The third-order valence-corrected chi connectivity index (χ3v) is 5.48. The van der Waals surface area contributed by atoms with Gasteiger partial charge in [0, 0.05) is 19.1 Å². The normalized spacial score (nSPS) is 17.3. The van der Waals surface area contributed by atoms with Crippen LogP contribution in [0.5, 0.6) is 0 Å². The van der Waals surface area contributed by atoms with Gasteiger partial charge in [-0.1, -0.05) is 0 Å². The van der Waals surface area contributed by atoms with Crippen LogP contribution in [0.15, 0.2) is 23.1 Å². The van der Waals surface area contributed by atoms with E-state index >= 15 is 0 Å². The van der Waals surface area contributed by atoms with Crippen LogP contribution in [-0.2, 0) is 14.9 Å². The molecular weight excluding hydrogens is 320 g/mol. The summed E-state index contributed by atoms with van der Waals surface area (Å²) < 4.78 is 27.7. The average Bonchev–Trinajstić information content (AvgIpc) is 2.48. The Hall–Kier alpha value is -1.48. The lowest BCUT2D eigenvalue weighted by Crippen LogP contribution is -2.44. The lowest BCUT2D eigenvalue weighted by Gasteiger charge is -2.31. The van der Waals surface area contributed by atoms with Crippen LogP contribution in [0, 0.1) is 6.92 Å². The smallest absolute Gasteiger partial charge is 0.335 e. The van der Waals surface area contributed by atoms with Crippen LogP contribution < -0.4 is 4.72 Å². The van der Waals surface area contributed by atoms with E-state index in [2.05, 4.69) is 4.72 Å². The van der Waals surface area contributed by atoms with Crippen molar-refractivity contribution in [2.45, 2.75) is 37.6 Å². The monoisotopic (exact) mass is 342 g/mol. The van der Waals surface area contributed by atoms with E-state index in [0.717, 1.165) is 0 Å². The quantitative estimate of drug-likeness (QED) is 0.811. The summed E-state index contributed by atoms with van der Waals surface area (Å²) >= 11 is 0. The predicted molar refractivity (Wildman–Crippen MR) is 84.7 cm³/mol. The second-order valence-electron chi connectivity index (χ2n) is 5.53. The van der Waals surface area contributed by atoms with Crippen molar-refractivity contribution in [3.05, 3.63) is 29.3 Å². The van der Waals surface area contributed by atoms with Crippen molar-refractivity contribution < 1.29 is 23.2 Å². The maximum atomic E-state index is 12.5. The van der Waals surface area contributed by atoms with Crippen LogP contribution in [0.1, 0.15) is 35.7 Å². The molecular formula is C15H22N2O5S. The molecule has 0 saturated carbocycles. The first-order chi connectivity index (χ1) is 10.8. The fourth-order valence-corrected chi connectivity index (χ4v) is 4.18. The Morgan fingerprint density at radius 1 is 1.39 bits per heavy atom. The molecule has 0 spiro atoms. The molecule has 1 aromatic rings. The summed E-state index contributed by atoms with van der Waals surface area (Å²) in [6, 6.07) is 3.88. The van der Waals surface area contributed by atoms with Gasteiger partial charge in [0.05, 0.1) is 17.1 Å². The molecule has 7 nitrogen and oxygen atoms in total. The summed E-state index contributed by atoms with van der Waals surface area (Å²) in [6.07, 6.45) is 1.34. The van der Waals surface area contributed by atoms with E-state index in [1.807, 2.05) is 12.0 Å². The number of rotatable bonds is 6. The zero-order valence-electron chi connectivity index (χ0n) is 13.3. The van der Waals surface area contributed by atoms with Gasteiger partial charge in [-0.15, -0.1) is 0 Å². The zero-order valence-corrected chi connectivity index (χ0v) is 14.1. The van der Waals surface area contributed by atoms with E-state index in [-0.39, 0.29) is 16.5 Å². The highest BCUT2D eigenvalue weighted by molar-refractivity contribution is 7.89. The fourth-order valence-electron chi connectivity index (χ4n) is 2.65. The Morgan fingerprint density at radius 3 is 2.57 bits per heavy atom. The maximum absolute atomic E-state index is 12.5. The highest BCUT2D eigenvalue weighted by Crippen LogP contribution is 2.19. The molecule has 0 bridgehead atoms. The van der Waals surface area contributed by atoms with Gasteiger partial charge < -0.3 is 5.11 Å². The minimum Gasteiger partial charge on any atom is -0.478 e. The number of carboxylic acids is 1. The third-order valence-electron chi connectivity index (χ3n) is 3.80. The molecule has 0 aromatic heterocycles. The number of aryl methyl sites for hydroxylation is 1. The lowest BCUT2D eigenvalue weighted by molar-refractivity contribution is -0.166. The first-order valence-corrected chi connectivity index (χ1v) is 9.06. The van der Waals surface area contributed by atoms with Gasteiger partial charge in [-0.25, -0.2) is 17.9 Å². The Morgan fingerprint density at radius 2 is 2.04 bits per heavy atom. The van der Waals surface area contributed by atoms with Crippen LogP contribution >= 0.6 is 0 Å². The number of aromatic carboxylic acids is 1. The van der Waals surface area contributed by atoms with Crippen LogP contribution in [0.3, 0.4) is 0 Å². The summed E-state index contributed by atoms with van der Waals surface area (Å²) in [5.74, 6) is -1.08. The van der Waals surface area contributed by atoms with Crippen molar-refractivity contribution in [1.29, 1.82) is 0 Å². The fraction of sp³-hybridized carbons (Fsp3) is 0.533.